The van der Waals surface area contributed by atoms with Gasteiger partial charge in [0.2, 0.25) is 0 Å². The van der Waals surface area contributed by atoms with Crippen LogP contribution in [0.5, 0.6) is 0 Å². The standard InChI is InChI=1S/C15H25N3S/c1-3-9-16-14-11-13(6-10-17-14)18-12-15(19-2)7-4-5-8-15/h6,10-11H,3-5,7-9,12H2,1-2H3,(H2,16,17,18). The Morgan fingerprint density at radius 1 is 1.32 bits per heavy atom. The number of nitrogens with zero attached hydrogens (tertiary/aromatic N) is 1. The zero-order chi connectivity index (χ0) is 13.6. The Bertz CT molecular complexity index is 389. The summed E-state index contributed by atoms with van der Waals surface area (Å²) in [5.41, 5.74) is 1.17. The molecule has 0 amide bonds. The minimum Gasteiger partial charge on any atom is -0.383 e. The molecular formula is C15H25N3S. The Hall–Kier alpha value is -0.900. The average Bonchev–Trinajstić information content (AvgIpc) is 2.93. The molecule has 0 spiro atoms. The van der Waals surface area contributed by atoms with Crippen LogP contribution in [-0.2, 0) is 0 Å². The minimum absolute atomic E-state index is 0.445. The lowest BCUT2D eigenvalue weighted by Crippen LogP contribution is -2.30. The summed E-state index contributed by atoms with van der Waals surface area (Å²) < 4.78 is 0.445. The van der Waals surface area contributed by atoms with Gasteiger partial charge in [-0.1, -0.05) is 19.8 Å². The first-order chi connectivity index (χ1) is 9.28. The summed E-state index contributed by atoms with van der Waals surface area (Å²) >= 11 is 2.02. The number of aromatic nitrogens is 1. The van der Waals surface area contributed by atoms with Crippen molar-refractivity contribution in [3.8, 4) is 0 Å². The first-order valence-corrected chi connectivity index (χ1v) is 8.49. The molecule has 106 valence electrons. The molecule has 1 aromatic rings. The molecule has 1 saturated carbocycles. The highest BCUT2D eigenvalue weighted by Gasteiger charge is 2.32. The molecule has 4 heteroatoms. The number of hydrogen-bond donors (Lipinski definition) is 2. The molecule has 1 fully saturated rings. The lowest BCUT2D eigenvalue weighted by Gasteiger charge is -2.27. The van der Waals surface area contributed by atoms with Crippen molar-refractivity contribution in [3.05, 3.63) is 18.3 Å². The highest BCUT2D eigenvalue weighted by atomic mass is 32.2. The Morgan fingerprint density at radius 3 is 2.79 bits per heavy atom. The van der Waals surface area contributed by atoms with Gasteiger partial charge in [-0.05, 0) is 31.6 Å². The number of anilines is 2. The zero-order valence-corrected chi connectivity index (χ0v) is 12.9. The monoisotopic (exact) mass is 279 g/mol. The van der Waals surface area contributed by atoms with Crippen LogP contribution < -0.4 is 10.6 Å². The summed E-state index contributed by atoms with van der Waals surface area (Å²) in [6.45, 7) is 4.20. The molecule has 0 atom stereocenters. The van der Waals surface area contributed by atoms with E-state index in [4.69, 9.17) is 0 Å². The summed E-state index contributed by atoms with van der Waals surface area (Å²) in [5, 5.41) is 6.92. The third kappa shape index (κ3) is 4.03. The topological polar surface area (TPSA) is 37.0 Å². The van der Waals surface area contributed by atoms with Crippen LogP contribution in [0.4, 0.5) is 11.5 Å². The van der Waals surface area contributed by atoms with E-state index in [1.165, 1.54) is 31.4 Å². The molecule has 1 aliphatic rings. The molecule has 0 radical (unpaired) electrons. The van der Waals surface area contributed by atoms with Crippen molar-refractivity contribution in [3.63, 3.8) is 0 Å². The maximum Gasteiger partial charge on any atom is 0.127 e. The van der Waals surface area contributed by atoms with Crippen LogP contribution in [0.3, 0.4) is 0 Å². The summed E-state index contributed by atoms with van der Waals surface area (Å²) in [6, 6.07) is 4.17. The highest BCUT2D eigenvalue weighted by molar-refractivity contribution is 8.00. The molecule has 2 rings (SSSR count). The van der Waals surface area contributed by atoms with Crippen LogP contribution >= 0.6 is 11.8 Å². The van der Waals surface area contributed by atoms with Gasteiger partial charge in [-0.2, -0.15) is 11.8 Å². The Morgan fingerprint density at radius 2 is 2.11 bits per heavy atom. The number of hydrogen-bond acceptors (Lipinski definition) is 4. The Labute approximate surface area is 121 Å². The van der Waals surface area contributed by atoms with E-state index in [-0.39, 0.29) is 0 Å². The van der Waals surface area contributed by atoms with Crippen LogP contribution in [0, 0.1) is 0 Å². The van der Waals surface area contributed by atoms with E-state index in [0.717, 1.165) is 25.3 Å². The molecule has 0 saturated heterocycles. The van der Waals surface area contributed by atoms with E-state index in [2.05, 4.69) is 40.9 Å². The predicted molar refractivity (Wildman–Crippen MR) is 86.2 cm³/mol. The molecule has 1 aromatic heterocycles. The van der Waals surface area contributed by atoms with Gasteiger partial charge >= 0.3 is 0 Å². The highest BCUT2D eigenvalue weighted by Crippen LogP contribution is 2.40. The number of rotatable bonds is 7. The van der Waals surface area contributed by atoms with Crippen molar-refractivity contribution in [2.75, 3.05) is 30.0 Å². The van der Waals surface area contributed by atoms with Crippen LogP contribution in [0.1, 0.15) is 39.0 Å². The third-order valence-corrected chi connectivity index (χ3v) is 5.30. The molecule has 0 aliphatic heterocycles. The summed E-state index contributed by atoms with van der Waals surface area (Å²) in [6.07, 6.45) is 10.7. The van der Waals surface area contributed by atoms with Gasteiger partial charge in [-0.15, -0.1) is 0 Å². The van der Waals surface area contributed by atoms with Gasteiger partial charge in [0.1, 0.15) is 5.82 Å². The van der Waals surface area contributed by atoms with E-state index < -0.39 is 0 Å². The lowest BCUT2D eigenvalue weighted by molar-refractivity contribution is 0.640. The van der Waals surface area contributed by atoms with Crippen LogP contribution in [0.2, 0.25) is 0 Å². The second-order valence-corrected chi connectivity index (χ2v) is 6.58. The zero-order valence-electron chi connectivity index (χ0n) is 12.0. The van der Waals surface area contributed by atoms with E-state index in [1.807, 2.05) is 18.0 Å². The second-order valence-electron chi connectivity index (χ2n) is 5.30. The van der Waals surface area contributed by atoms with E-state index in [1.54, 1.807) is 0 Å². The molecule has 0 unspecified atom stereocenters. The van der Waals surface area contributed by atoms with Gasteiger partial charge in [0.15, 0.2) is 0 Å². The number of pyridine rings is 1. The summed E-state index contributed by atoms with van der Waals surface area (Å²) in [5.74, 6) is 0.969. The van der Waals surface area contributed by atoms with Crippen molar-refractivity contribution >= 4 is 23.3 Å². The van der Waals surface area contributed by atoms with Crippen LogP contribution in [0.25, 0.3) is 0 Å². The molecule has 0 bridgehead atoms. The predicted octanol–water partition coefficient (Wildman–Crippen LogP) is 3.99. The molecule has 3 nitrogen and oxygen atoms in total. The first kappa shape index (κ1) is 14.5. The lowest BCUT2D eigenvalue weighted by atomic mass is 10.1. The fourth-order valence-electron chi connectivity index (χ4n) is 2.63. The quantitative estimate of drug-likeness (QED) is 0.791. The SMILES string of the molecule is CCCNc1cc(NCC2(SC)CCCC2)ccn1. The Balaban J connectivity index is 1.91. The molecule has 19 heavy (non-hydrogen) atoms. The maximum absolute atomic E-state index is 4.34. The smallest absolute Gasteiger partial charge is 0.127 e. The molecule has 1 aliphatic carbocycles. The maximum atomic E-state index is 4.34. The van der Waals surface area contributed by atoms with Crippen molar-refractivity contribution in [1.29, 1.82) is 0 Å². The van der Waals surface area contributed by atoms with E-state index >= 15 is 0 Å². The van der Waals surface area contributed by atoms with Gasteiger partial charge in [-0.25, -0.2) is 4.98 Å². The fourth-order valence-corrected chi connectivity index (χ4v) is 3.54. The van der Waals surface area contributed by atoms with Crippen molar-refractivity contribution < 1.29 is 0 Å². The van der Waals surface area contributed by atoms with Gasteiger partial charge in [0.25, 0.3) is 0 Å². The third-order valence-electron chi connectivity index (χ3n) is 3.88. The first-order valence-electron chi connectivity index (χ1n) is 7.27. The average molecular weight is 279 g/mol. The molecular weight excluding hydrogens is 254 g/mol. The van der Waals surface area contributed by atoms with E-state index in [0.29, 0.717) is 4.75 Å². The molecule has 2 N–H and O–H groups in total. The summed E-state index contributed by atoms with van der Waals surface area (Å²) in [4.78, 5) is 4.34. The Kier molecular flexibility index (Phi) is 5.37. The van der Waals surface area contributed by atoms with Gasteiger partial charge in [0, 0.05) is 35.8 Å². The number of thioether (sulfide) groups is 1. The second kappa shape index (κ2) is 7.04. The molecule has 1 heterocycles. The van der Waals surface area contributed by atoms with Crippen molar-refractivity contribution in [2.24, 2.45) is 0 Å². The number of nitrogens with one attached hydrogen (secondary N) is 2. The van der Waals surface area contributed by atoms with Crippen molar-refractivity contribution in [2.45, 2.75) is 43.8 Å². The van der Waals surface area contributed by atoms with Crippen LogP contribution in [-0.4, -0.2) is 29.1 Å². The van der Waals surface area contributed by atoms with E-state index in [9.17, 15) is 0 Å². The largest absolute Gasteiger partial charge is 0.383 e. The normalized spacial score (nSPS) is 17.4. The van der Waals surface area contributed by atoms with Crippen LogP contribution in [0.15, 0.2) is 18.3 Å². The van der Waals surface area contributed by atoms with Crippen molar-refractivity contribution in [1.82, 2.24) is 4.98 Å². The minimum atomic E-state index is 0.445. The van der Waals surface area contributed by atoms with Gasteiger partial charge in [0.05, 0.1) is 0 Å². The fraction of sp³-hybridized carbons (Fsp3) is 0.667. The van der Waals surface area contributed by atoms with Gasteiger partial charge < -0.3 is 10.6 Å². The summed E-state index contributed by atoms with van der Waals surface area (Å²) in [7, 11) is 0. The molecule has 0 aromatic carbocycles. The van der Waals surface area contributed by atoms with Gasteiger partial charge in [-0.3, -0.25) is 0 Å².